The molecule has 0 saturated heterocycles. The molecule has 0 atom stereocenters. The van der Waals surface area contributed by atoms with Crippen LogP contribution >= 0.6 is 0 Å². The molecule has 2 aromatic heterocycles. The molecular weight excluding hydrogens is 851 g/mol. The van der Waals surface area contributed by atoms with Crippen LogP contribution in [0, 0.1) is 11.6 Å². The Hall–Kier alpha value is -8.48. The molecule has 0 saturated carbocycles. The standard InChI is InChI=1S/C63H46F2N4/c1-63(2)53-39-45(66(61-27-15-11-23-55(61)64)43-31-35-59-51(37-43)49-21-9-13-25-57(49)68(59)41-17-5-3-6-18-41)29-33-47(53)48-34-30-46(40-54(48)63)67(62-28-16-12-24-56(62)65)44-32-36-60-52(38-44)50-22-10-14-26-58(50)69(60)42-19-7-4-8-20-42/h3-31,33-35,37-40H,32,36H2,1-2H3. The van der Waals surface area contributed by atoms with Gasteiger partial charge in [-0.1, -0.05) is 123 Å². The number of allylic oxidation sites excluding steroid dienone is 1. The summed E-state index contributed by atoms with van der Waals surface area (Å²) in [6, 6.07) is 71.7. The van der Waals surface area contributed by atoms with E-state index < -0.39 is 5.41 Å². The van der Waals surface area contributed by atoms with Gasteiger partial charge in [0.2, 0.25) is 0 Å². The van der Waals surface area contributed by atoms with Crippen LogP contribution in [0.25, 0.3) is 61.3 Å². The van der Waals surface area contributed by atoms with Gasteiger partial charge in [0.15, 0.2) is 0 Å². The summed E-state index contributed by atoms with van der Waals surface area (Å²) in [7, 11) is 0. The van der Waals surface area contributed by atoms with Crippen LogP contribution in [0.2, 0.25) is 0 Å². The molecule has 6 heteroatoms. The average Bonchev–Trinajstić information content (AvgIpc) is 3.98. The summed E-state index contributed by atoms with van der Waals surface area (Å²) in [4.78, 5) is 4.18. The highest BCUT2D eigenvalue weighted by Gasteiger charge is 2.38. The zero-order valence-corrected chi connectivity index (χ0v) is 38.2. The molecule has 69 heavy (non-hydrogen) atoms. The minimum absolute atomic E-state index is 0.278. The number of benzene rings is 9. The molecule has 2 aliphatic rings. The van der Waals surface area contributed by atoms with E-state index in [-0.39, 0.29) is 11.6 Å². The molecule has 0 radical (unpaired) electrons. The molecule has 11 aromatic rings. The van der Waals surface area contributed by atoms with Gasteiger partial charge in [0.25, 0.3) is 0 Å². The molecule has 0 spiro atoms. The number of rotatable bonds is 8. The number of fused-ring (bicyclic) bond motifs is 9. The fourth-order valence-corrected chi connectivity index (χ4v) is 11.4. The first-order chi connectivity index (χ1) is 33.8. The van der Waals surface area contributed by atoms with Crippen molar-refractivity contribution in [2.45, 2.75) is 32.1 Å². The summed E-state index contributed by atoms with van der Waals surface area (Å²) in [5.41, 5.74) is 16.7. The quantitative estimate of drug-likeness (QED) is 0.151. The lowest BCUT2D eigenvalue weighted by molar-refractivity contribution is 0.626. The predicted molar refractivity (Wildman–Crippen MR) is 281 cm³/mol. The Kier molecular flexibility index (Phi) is 9.35. The zero-order valence-electron chi connectivity index (χ0n) is 38.2. The van der Waals surface area contributed by atoms with E-state index in [0.29, 0.717) is 11.4 Å². The molecular formula is C63H46F2N4. The van der Waals surface area contributed by atoms with Gasteiger partial charge in [-0.15, -0.1) is 0 Å². The van der Waals surface area contributed by atoms with Crippen molar-refractivity contribution >= 4 is 67.2 Å². The number of para-hydroxylation sites is 6. The van der Waals surface area contributed by atoms with Crippen molar-refractivity contribution in [3.8, 4) is 22.5 Å². The maximum Gasteiger partial charge on any atom is 0.147 e. The van der Waals surface area contributed by atoms with Crippen molar-refractivity contribution in [3.63, 3.8) is 0 Å². The topological polar surface area (TPSA) is 16.3 Å². The Bertz CT molecular complexity index is 3860. The average molecular weight is 897 g/mol. The molecule has 0 fully saturated rings. The van der Waals surface area contributed by atoms with E-state index in [4.69, 9.17) is 0 Å². The van der Waals surface area contributed by atoms with Crippen LogP contribution in [0.5, 0.6) is 0 Å². The summed E-state index contributed by atoms with van der Waals surface area (Å²) in [6.45, 7) is 4.53. The summed E-state index contributed by atoms with van der Waals surface area (Å²) in [5.74, 6) is -0.585. The fourth-order valence-electron chi connectivity index (χ4n) is 11.4. The summed E-state index contributed by atoms with van der Waals surface area (Å²) < 4.78 is 37.2. The monoisotopic (exact) mass is 896 g/mol. The minimum atomic E-state index is -0.456. The second kappa shape index (κ2) is 15.8. The molecule has 4 nitrogen and oxygen atoms in total. The van der Waals surface area contributed by atoms with Gasteiger partial charge in [0.1, 0.15) is 11.6 Å². The van der Waals surface area contributed by atoms with Crippen LogP contribution in [-0.4, -0.2) is 9.13 Å². The van der Waals surface area contributed by atoms with Gasteiger partial charge in [0, 0.05) is 67.0 Å². The zero-order chi connectivity index (χ0) is 46.4. The Morgan fingerprint density at radius 3 is 1.54 bits per heavy atom. The molecule has 0 amide bonds. The lowest BCUT2D eigenvalue weighted by atomic mass is 9.82. The summed E-state index contributed by atoms with van der Waals surface area (Å²) in [5, 5.41) is 3.38. The third-order valence-electron chi connectivity index (χ3n) is 14.5. The van der Waals surface area contributed by atoms with Gasteiger partial charge in [-0.05, 0) is 144 Å². The van der Waals surface area contributed by atoms with Crippen LogP contribution in [0.4, 0.5) is 37.2 Å². The number of aromatic nitrogens is 2. The molecule has 0 bridgehead atoms. The first-order valence-corrected chi connectivity index (χ1v) is 23.7. The maximum atomic E-state index is 16.3. The van der Waals surface area contributed by atoms with Crippen molar-refractivity contribution in [1.29, 1.82) is 0 Å². The Balaban J connectivity index is 0.931. The van der Waals surface area contributed by atoms with E-state index in [9.17, 15) is 0 Å². The molecule has 0 aliphatic heterocycles. The van der Waals surface area contributed by atoms with E-state index in [1.807, 2.05) is 35.2 Å². The molecule has 0 unspecified atom stereocenters. The van der Waals surface area contributed by atoms with Gasteiger partial charge in [0.05, 0.1) is 27.9 Å². The lowest BCUT2D eigenvalue weighted by Gasteiger charge is -2.32. The van der Waals surface area contributed by atoms with Crippen molar-refractivity contribution < 1.29 is 8.78 Å². The van der Waals surface area contributed by atoms with E-state index in [1.165, 1.54) is 22.7 Å². The van der Waals surface area contributed by atoms with Crippen LogP contribution in [0.1, 0.15) is 42.7 Å². The van der Waals surface area contributed by atoms with Gasteiger partial charge < -0.3 is 18.9 Å². The Labute approximate surface area is 399 Å². The Morgan fingerprint density at radius 1 is 0.420 bits per heavy atom. The molecule has 13 rings (SSSR count). The smallest absolute Gasteiger partial charge is 0.147 e. The first kappa shape index (κ1) is 40.8. The highest BCUT2D eigenvalue weighted by molar-refractivity contribution is 6.11. The van der Waals surface area contributed by atoms with Crippen molar-refractivity contribution in [2.75, 3.05) is 9.80 Å². The number of anilines is 5. The third-order valence-corrected chi connectivity index (χ3v) is 14.5. The fraction of sp³-hybridized carbons (Fsp3) is 0.0794. The largest absolute Gasteiger partial charge is 0.313 e. The predicted octanol–water partition coefficient (Wildman–Crippen LogP) is 16.9. The van der Waals surface area contributed by atoms with Crippen LogP contribution < -0.4 is 9.80 Å². The highest BCUT2D eigenvalue weighted by Crippen LogP contribution is 2.53. The minimum Gasteiger partial charge on any atom is -0.313 e. The van der Waals surface area contributed by atoms with Gasteiger partial charge in [-0.2, -0.15) is 0 Å². The molecule has 2 aliphatic carbocycles. The SMILES string of the molecule is CC1(C)c2cc(N(C3=Cc4c(n(-c5ccccc5)c5ccccc45)CC3)c3ccccc3F)ccc2-c2ccc(N(c3ccc4c(c3)c3ccccc3n4-c3ccccc3)c3ccccc3F)cc21. The third kappa shape index (κ3) is 6.39. The molecule has 9 aromatic carbocycles. The first-order valence-electron chi connectivity index (χ1n) is 23.7. The molecule has 2 heterocycles. The van der Waals surface area contributed by atoms with E-state index in [1.54, 1.807) is 18.2 Å². The van der Waals surface area contributed by atoms with E-state index in [0.717, 1.165) is 96.6 Å². The number of hydrogen-bond donors (Lipinski definition) is 0. The lowest BCUT2D eigenvalue weighted by Crippen LogP contribution is -2.22. The maximum absolute atomic E-state index is 16.3. The highest BCUT2D eigenvalue weighted by atomic mass is 19.1. The number of halogens is 2. The Morgan fingerprint density at radius 2 is 0.899 bits per heavy atom. The van der Waals surface area contributed by atoms with Crippen LogP contribution in [-0.2, 0) is 11.8 Å². The van der Waals surface area contributed by atoms with Gasteiger partial charge in [-0.3, -0.25) is 0 Å². The van der Waals surface area contributed by atoms with E-state index >= 15 is 8.78 Å². The second-order valence-electron chi connectivity index (χ2n) is 18.7. The summed E-state index contributed by atoms with van der Waals surface area (Å²) in [6.07, 6.45) is 3.79. The van der Waals surface area contributed by atoms with Crippen molar-refractivity contribution in [3.05, 3.63) is 252 Å². The summed E-state index contributed by atoms with van der Waals surface area (Å²) >= 11 is 0. The normalized spacial score (nSPS) is 13.6. The van der Waals surface area contributed by atoms with Crippen molar-refractivity contribution in [1.82, 2.24) is 9.13 Å². The van der Waals surface area contributed by atoms with Crippen LogP contribution in [0.15, 0.2) is 218 Å². The van der Waals surface area contributed by atoms with Crippen LogP contribution in [0.3, 0.4) is 0 Å². The van der Waals surface area contributed by atoms with E-state index in [2.05, 4.69) is 192 Å². The molecule has 332 valence electrons. The number of hydrogen-bond acceptors (Lipinski definition) is 2. The molecule has 0 N–H and O–H groups in total. The van der Waals surface area contributed by atoms with Gasteiger partial charge >= 0.3 is 0 Å². The van der Waals surface area contributed by atoms with Gasteiger partial charge in [-0.25, -0.2) is 8.78 Å². The van der Waals surface area contributed by atoms with Crippen molar-refractivity contribution in [2.24, 2.45) is 0 Å². The second-order valence-corrected chi connectivity index (χ2v) is 18.7. The number of nitrogens with zero attached hydrogens (tertiary/aromatic N) is 4.